The summed E-state index contributed by atoms with van der Waals surface area (Å²) in [5, 5.41) is 9.70. The topological polar surface area (TPSA) is 72.2 Å². The highest BCUT2D eigenvalue weighted by Crippen LogP contribution is 2.35. The molecule has 0 radical (unpaired) electrons. The number of nitrogens with zero attached hydrogens (tertiary/aromatic N) is 2. The Morgan fingerprint density at radius 1 is 1.00 bits per heavy atom. The lowest BCUT2D eigenvalue weighted by molar-refractivity contribution is -0.137. The number of alkyl halides is 3. The van der Waals surface area contributed by atoms with Crippen molar-refractivity contribution >= 4 is 40.6 Å². The monoisotopic (exact) mass is 528 g/mol. The minimum absolute atomic E-state index is 0.203. The molecule has 2 atom stereocenters. The maximum absolute atomic E-state index is 12.8. The van der Waals surface area contributed by atoms with E-state index >= 15 is 0 Å². The minimum Gasteiger partial charge on any atom is -0.483 e. The molecule has 0 aliphatic rings. The van der Waals surface area contributed by atoms with Crippen molar-refractivity contribution in [3.05, 3.63) is 80.9 Å². The third-order valence-electron chi connectivity index (χ3n) is 4.58. The highest BCUT2D eigenvalue weighted by atomic mass is 35.5. The summed E-state index contributed by atoms with van der Waals surface area (Å²) >= 11 is 17.7. The zero-order valence-corrected chi connectivity index (χ0v) is 19.5. The predicted molar refractivity (Wildman–Crippen MR) is 121 cm³/mol. The van der Waals surface area contributed by atoms with E-state index in [0.717, 1.165) is 0 Å². The van der Waals surface area contributed by atoms with E-state index in [1.54, 1.807) is 6.07 Å². The summed E-state index contributed by atoms with van der Waals surface area (Å²) in [5.41, 5.74) is -0.606. The van der Waals surface area contributed by atoms with Crippen LogP contribution in [0.1, 0.15) is 24.0 Å². The van der Waals surface area contributed by atoms with Crippen LogP contribution in [0.15, 0.2) is 54.7 Å². The summed E-state index contributed by atoms with van der Waals surface area (Å²) in [6.45, 7) is 1.50. The van der Waals surface area contributed by atoms with E-state index in [1.807, 2.05) is 6.07 Å². The number of ether oxygens (including phenoxy) is 2. The van der Waals surface area contributed by atoms with Gasteiger partial charge < -0.3 is 9.47 Å². The van der Waals surface area contributed by atoms with E-state index in [2.05, 4.69) is 4.98 Å². The van der Waals surface area contributed by atoms with Gasteiger partial charge in [0.1, 0.15) is 22.4 Å². The number of halogens is 6. The lowest BCUT2D eigenvalue weighted by Gasteiger charge is -2.17. The smallest absolute Gasteiger partial charge is 0.417 e. The first-order valence-corrected chi connectivity index (χ1v) is 10.7. The molecule has 1 aromatic heterocycles. The van der Waals surface area contributed by atoms with Gasteiger partial charge in [-0.3, -0.25) is 4.79 Å². The molecule has 176 valence electrons. The predicted octanol–water partition coefficient (Wildman–Crippen LogP) is 7.50. The number of hydrogen-bond donors (Lipinski definition) is 0. The van der Waals surface area contributed by atoms with Gasteiger partial charge in [0.15, 0.2) is 11.9 Å². The second kappa shape index (κ2) is 10.5. The standard InChI is InChI=1S/C23H14Cl3F3N2O3/c1-12(21(32)17(10-30)13-2-7-18(24)19(25)8-13)33-15-3-5-16(6-4-15)34-22-20(26)9-14(11-31-22)23(27,28)29/h2-9,11-12,17H,1H3. The Kier molecular flexibility index (Phi) is 7.93. The van der Waals surface area contributed by atoms with E-state index in [4.69, 9.17) is 44.3 Å². The molecule has 0 amide bonds. The van der Waals surface area contributed by atoms with E-state index in [0.29, 0.717) is 28.6 Å². The molecule has 1 heterocycles. The molecule has 11 heteroatoms. The van der Waals surface area contributed by atoms with Gasteiger partial charge in [-0.05, 0) is 55.0 Å². The number of carbonyl (C=O) groups excluding carboxylic acids is 1. The van der Waals surface area contributed by atoms with Crippen molar-refractivity contribution < 1.29 is 27.4 Å². The fraction of sp³-hybridized carbons (Fsp3) is 0.174. The summed E-state index contributed by atoms with van der Waals surface area (Å²) in [4.78, 5) is 16.4. The van der Waals surface area contributed by atoms with Crippen LogP contribution < -0.4 is 9.47 Å². The van der Waals surface area contributed by atoms with Gasteiger partial charge in [0, 0.05) is 6.20 Å². The third kappa shape index (κ3) is 6.11. The number of ketones is 1. The van der Waals surface area contributed by atoms with Crippen LogP contribution in [0, 0.1) is 11.3 Å². The molecule has 0 saturated heterocycles. The van der Waals surface area contributed by atoms with Gasteiger partial charge in [0.2, 0.25) is 5.88 Å². The first-order chi connectivity index (χ1) is 16.0. The zero-order chi connectivity index (χ0) is 25.0. The molecule has 0 spiro atoms. The van der Waals surface area contributed by atoms with Crippen molar-refractivity contribution in [3.8, 4) is 23.4 Å². The average Bonchev–Trinajstić information content (AvgIpc) is 2.78. The van der Waals surface area contributed by atoms with Crippen molar-refractivity contribution in [2.75, 3.05) is 0 Å². The lowest BCUT2D eigenvalue weighted by Crippen LogP contribution is -2.28. The summed E-state index contributed by atoms with van der Waals surface area (Å²) < 4.78 is 49.2. The number of benzene rings is 2. The van der Waals surface area contributed by atoms with Gasteiger partial charge in [-0.25, -0.2) is 4.98 Å². The highest BCUT2D eigenvalue weighted by molar-refractivity contribution is 6.42. The Hall–Kier alpha value is -2.99. The second-order valence-electron chi connectivity index (χ2n) is 6.98. The SMILES string of the molecule is CC(Oc1ccc(Oc2ncc(C(F)(F)F)cc2Cl)cc1)C(=O)C(C#N)c1ccc(Cl)c(Cl)c1. The van der Waals surface area contributed by atoms with Gasteiger partial charge >= 0.3 is 6.18 Å². The van der Waals surface area contributed by atoms with Crippen LogP contribution in [0.3, 0.4) is 0 Å². The number of Topliss-reactive ketones (excluding diaryl/α,β-unsaturated/α-hetero) is 1. The van der Waals surface area contributed by atoms with Crippen LogP contribution in [0.25, 0.3) is 0 Å². The van der Waals surface area contributed by atoms with Crippen LogP contribution >= 0.6 is 34.8 Å². The van der Waals surface area contributed by atoms with Gasteiger partial charge in [0.05, 0.1) is 21.7 Å². The molecule has 2 aromatic carbocycles. The van der Waals surface area contributed by atoms with Crippen molar-refractivity contribution in [3.63, 3.8) is 0 Å². The molecule has 0 aliphatic carbocycles. The van der Waals surface area contributed by atoms with Crippen LogP contribution in [-0.2, 0) is 11.0 Å². The number of hydrogen-bond acceptors (Lipinski definition) is 5. The Balaban J connectivity index is 1.67. The van der Waals surface area contributed by atoms with Gasteiger partial charge in [-0.2, -0.15) is 18.4 Å². The van der Waals surface area contributed by atoms with Crippen LogP contribution in [0.5, 0.6) is 17.4 Å². The number of carbonyl (C=O) groups is 1. The molecule has 0 N–H and O–H groups in total. The Labute approximate surface area is 207 Å². The summed E-state index contributed by atoms with van der Waals surface area (Å²) in [5.74, 6) is -1.27. The average molecular weight is 530 g/mol. The maximum Gasteiger partial charge on any atom is 0.417 e. The molecule has 34 heavy (non-hydrogen) atoms. The molecule has 3 aromatic rings. The molecule has 0 aliphatic heterocycles. The Morgan fingerprint density at radius 3 is 2.21 bits per heavy atom. The number of aromatic nitrogens is 1. The summed E-state index contributed by atoms with van der Waals surface area (Å²) in [6, 6.07) is 13.0. The summed E-state index contributed by atoms with van der Waals surface area (Å²) in [7, 11) is 0. The molecular weight excluding hydrogens is 516 g/mol. The second-order valence-corrected chi connectivity index (χ2v) is 8.20. The minimum atomic E-state index is -4.58. The highest BCUT2D eigenvalue weighted by Gasteiger charge is 2.32. The number of nitriles is 1. The van der Waals surface area contributed by atoms with Crippen molar-refractivity contribution in [1.29, 1.82) is 5.26 Å². The molecule has 2 unspecified atom stereocenters. The molecule has 5 nitrogen and oxygen atoms in total. The quantitative estimate of drug-likeness (QED) is 0.317. The molecule has 0 saturated carbocycles. The molecule has 0 bridgehead atoms. The third-order valence-corrected chi connectivity index (χ3v) is 5.59. The largest absolute Gasteiger partial charge is 0.483 e. The lowest BCUT2D eigenvalue weighted by atomic mass is 9.93. The molecule has 3 rings (SSSR count). The zero-order valence-electron chi connectivity index (χ0n) is 17.2. The first kappa shape index (κ1) is 25.6. The number of pyridine rings is 1. The van der Waals surface area contributed by atoms with Gasteiger partial charge in [0.25, 0.3) is 0 Å². The number of rotatable bonds is 7. The van der Waals surface area contributed by atoms with Gasteiger partial charge in [-0.1, -0.05) is 40.9 Å². The first-order valence-electron chi connectivity index (χ1n) is 9.55. The Morgan fingerprint density at radius 2 is 1.65 bits per heavy atom. The van der Waals surface area contributed by atoms with Crippen molar-refractivity contribution in [2.45, 2.75) is 25.1 Å². The van der Waals surface area contributed by atoms with Crippen LogP contribution in [0.2, 0.25) is 15.1 Å². The van der Waals surface area contributed by atoms with Crippen LogP contribution in [-0.4, -0.2) is 16.9 Å². The van der Waals surface area contributed by atoms with E-state index < -0.39 is 29.5 Å². The molecular formula is C23H14Cl3F3N2O3. The summed E-state index contributed by atoms with van der Waals surface area (Å²) in [6.07, 6.45) is -4.94. The maximum atomic E-state index is 12.8. The fourth-order valence-electron chi connectivity index (χ4n) is 2.84. The van der Waals surface area contributed by atoms with Crippen LogP contribution in [0.4, 0.5) is 13.2 Å². The fourth-order valence-corrected chi connectivity index (χ4v) is 3.36. The normalized spacial score (nSPS) is 13.0. The van der Waals surface area contributed by atoms with Crippen molar-refractivity contribution in [1.82, 2.24) is 4.98 Å². The van der Waals surface area contributed by atoms with E-state index in [-0.39, 0.29) is 21.7 Å². The van der Waals surface area contributed by atoms with E-state index in [9.17, 15) is 23.2 Å². The van der Waals surface area contributed by atoms with E-state index in [1.165, 1.54) is 43.3 Å². The van der Waals surface area contributed by atoms with Crippen molar-refractivity contribution in [2.24, 2.45) is 0 Å². The van der Waals surface area contributed by atoms with Gasteiger partial charge in [-0.15, -0.1) is 0 Å². The molecule has 0 fully saturated rings. The Bertz CT molecular complexity index is 1240.